The van der Waals surface area contributed by atoms with E-state index in [1.807, 2.05) is 32.9 Å². The van der Waals surface area contributed by atoms with Gasteiger partial charge in [0.05, 0.1) is 26.2 Å². The lowest BCUT2D eigenvalue weighted by atomic mass is 10.1. The maximum atomic E-state index is 12.9. The summed E-state index contributed by atoms with van der Waals surface area (Å²) in [6.45, 7) is 6.95. The SMILES string of the molecule is CCOc1cc(C(=O)Nc2ccc(CC(=O)NC3CC3)cc2)cc(OCC)c1OCC. The number of ether oxygens (including phenoxy) is 3. The van der Waals surface area contributed by atoms with Crippen LogP contribution in [0.3, 0.4) is 0 Å². The molecule has 31 heavy (non-hydrogen) atoms. The van der Waals surface area contributed by atoms with Crippen LogP contribution in [0.2, 0.25) is 0 Å². The maximum Gasteiger partial charge on any atom is 0.255 e. The molecular formula is C24H30N2O5. The number of anilines is 1. The highest BCUT2D eigenvalue weighted by molar-refractivity contribution is 6.05. The number of rotatable bonds is 11. The van der Waals surface area contributed by atoms with Crippen molar-refractivity contribution in [1.29, 1.82) is 0 Å². The molecule has 2 N–H and O–H groups in total. The van der Waals surface area contributed by atoms with Gasteiger partial charge in [0.2, 0.25) is 11.7 Å². The van der Waals surface area contributed by atoms with Crippen LogP contribution in [-0.4, -0.2) is 37.7 Å². The largest absolute Gasteiger partial charge is 0.490 e. The molecule has 0 spiro atoms. The van der Waals surface area contributed by atoms with E-state index in [4.69, 9.17) is 14.2 Å². The summed E-state index contributed by atoms with van der Waals surface area (Å²) < 4.78 is 17.0. The normalized spacial score (nSPS) is 12.7. The second-order valence-corrected chi connectivity index (χ2v) is 7.27. The minimum Gasteiger partial charge on any atom is -0.490 e. The average molecular weight is 427 g/mol. The fourth-order valence-corrected chi connectivity index (χ4v) is 3.12. The highest BCUT2D eigenvalue weighted by Crippen LogP contribution is 2.39. The third-order valence-electron chi connectivity index (χ3n) is 4.69. The molecule has 0 saturated heterocycles. The number of carbonyl (C=O) groups is 2. The zero-order chi connectivity index (χ0) is 22.2. The molecule has 2 amide bonds. The Balaban J connectivity index is 1.71. The predicted molar refractivity (Wildman–Crippen MR) is 119 cm³/mol. The topological polar surface area (TPSA) is 85.9 Å². The van der Waals surface area contributed by atoms with E-state index in [0.717, 1.165) is 18.4 Å². The first kappa shape index (κ1) is 22.5. The molecule has 0 aromatic heterocycles. The van der Waals surface area contributed by atoms with Crippen LogP contribution in [0.1, 0.15) is 49.5 Å². The molecular weight excluding hydrogens is 396 g/mol. The van der Waals surface area contributed by atoms with Crippen LogP contribution >= 0.6 is 0 Å². The van der Waals surface area contributed by atoms with E-state index in [-0.39, 0.29) is 11.8 Å². The number of amides is 2. The Morgan fingerprint density at radius 2 is 1.48 bits per heavy atom. The van der Waals surface area contributed by atoms with Crippen LogP contribution in [0.15, 0.2) is 36.4 Å². The second-order valence-electron chi connectivity index (χ2n) is 7.27. The van der Waals surface area contributed by atoms with Crippen LogP contribution < -0.4 is 24.8 Å². The van der Waals surface area contributed by atoms with Crippen molar-refractivity contribution in [2.24, 2.45) is 0 Å². The lowest BCUT2D eigenvalue weighted by molar-refractivity contribution is -0.120. The van der Waals surface area contributed by atoms with Gasteiger partial charge in [-0.2, -0.15) is 0 Å². The van der Waals surface area contributed by atoms with Gasteiger partial charge in [0, 0.05) is 17.3 Å². The summed E-state index contributed by atoms with van der Waals surface area (Å²) in [7, 11) is 0. The van der Waals surface area contributed by atoms with Crippen molar-refractivity contribution in [1.82, 2.24) is 5.32 Å². The van der Waals surface area contributed by atoms with Gasteiger partial charge in [-0.25, -0.2) is 0 Å². The van der Waals surface area contributed by atoms with Crippen molar-refractivity contribution >= 4 is 17.5 Å². The molecule has 3 rings (SSSR count). The molecule has 1 saturated carbocycles. The number of hydrogen-bond acceptors (Lipinski definition) is 5. The lowest BCUT2D eigenvalue weighted by Gasteiger charge is -2.17. The lowest BCUT2D eigenvalue weighted by Crippen LogP contribution is -2.26. The first-order valence-corrected chi connectivity index (χ1v) is 10.8. The van der Waals surface area contributed by atoms with E-state index in [1.165, 1.54) is 0 Å². The van der Waals surface area contributed by atoms with Crippen LogP contribution in [0.25, 0.3) is 0 Å². The highest BCUT2D eigenvalue weighted by atomic mass is 16.5. The van der Waals surface area contributed by atoms with E-state index < -0.39 is 0 Å². The van der Waals surface area contributed by atoms with Gasteiger partial charge in [-0.1, -0.05) is 12.1 Å². The number of nitrogens with one attached hydrogen (secondary N) is 2. The third kappa shape index (κ3) is 6.38. The number of benzene rings is 2. The molecule has 1 aliphatic carbocycles. The summed E-state index contributed by atoms with van der Waals surface area (Å²) in [5, 5.41) is 5.85. The van der Waals surface area contributed by atoms with Gasteiger partial charge in [0.25, 0.3) is 5.91 Å². The molecule has 7 nitrogen and oxygen atoms in total. The van der Waals surface area contributed by atoms with Gasteiger partial charge in [-0.3, -0.25) is 9.59 Å². The Morgan fingerprint density at radius 3 is 2.00 bits per heavy atom. The third-order valence-corrected chi connectivity index (χ3v) is 4.69. The second kappa shape index (κ2) is 10.7. The Morgan fingerprint density at radius 1 is 0.903 bits per heavy atom. The monoisotopic (exact) mass is 426 g/mol. The Labute approximate surface area is 183 Å². The summed E-state index contributed by atoms with van der Waals surface area (Å²) >= 11 is 0. The fraction of sp³-hybridized carbons (Fsp3) is 0.417. The van der Waals surface area contributed by atoms with E-state index >= 15 is 0 Å². The molecule has 0 radical (unpaired) electrons. The predicted octanol–water partition coefficient (Wildman–Crippen LogP) is 3.96. The minimum atomic E-state index is -0.288. The van der Waals surface area contributed by atoms with Crippen molar-refractivity contribution < 1.29 is 23.8 Å². The molecule has 0 aliphatic heterocycles. The Hall–Kier alpha value is -3.22. The molecule has 7 heteroatoms. The zero-order valence-corrected chi connectivity index (χ0v) is 18.3. The van der Waals surface area contributed by atoms with Gasteiger partial charge in [-0.05, 0) is 63.4 Å². The van der Waals surface area contributed by atoms with Gasteiger partial charge in [-0.15, -0.1) is 0 Å². The molecule has 0 unspecified atom stereocenters. The molecule has 1 aliphatic rings. The molecule has 2 aromatic rings. The minimum absolute atomic E-state index is 0.0283. The van der Waals surface area contributed by atoms with Gasteiger partial charge < -0.3 is 24.8 Å². The summed E-state index contributed by atoms with van der Waals surface area (Å²) in [6, 6.07) is 10.9. The van der Waals surface area contributed by atoms with Crippen molar-refractivity contribution in [3.05, 3.63) is 47.5 Å². The van der Waals surface area contributed by atoms with Gasteiger partial charge >= 0.3 is 0 Å². The Kier molecular flexibility index (Phi) is 7.76. The van der Waals surface area contributed by atoms with Crippen LogP contribution in [0.4, 0.5) is 5.69 Å². The van der Waals surface area contributed by atoms with Crippen molar-refractivity contribution in [2.45, 2.75) is 46.1 Å². The van der Waals surface area contributed by atoms with E-state index in [9.17, 15) is 9.59 Å². The maximum absolute atomic E-state index is 12.9. The van der Waals surface area contributed by atoms with Crippen molar-refractivity contribution in [2.75, 3.05) is 25.1 Å². The first-order chi connectivity index (χ1) is 15.0. The molecule has 0 heterocycles. The summed E-state index contributed by atoms with van der Waals surface area (Å²) in [5.41, 5.74) is 1.94. The van der Waals surface area contributed by atoms with Crippen LogP contribution in [0.5, 0.6) is 17.2 Å². The van der Waals surface area contributed by atoms with Gasteiger partial charge in [0.1, 0.15) is 0 Å². The summed E-state index contributed by atoms with van der Waals surface area (Å²) in [6.07, 6.45) is 2.47. The number of carbonyl (C=O) groups excluding carboxylic acids is 2. The highest BCUT2D eigenvalue weighted by Gasteiger charge is 2.23. The van der Waals surface area contributed by atoms with Crippen LogP contribution in [0, 0.1) is 0 Å². The van der Waals surface area contributed by atoms with Gasteiger partial charge in [0.15, 0.2) is 11.5 Å². The van der Waals surface area contributed by atoms with E-state index in [0.29, 0.717) is 60.8 Å². The molecule has 166 valence electrons. The molecule has 2 aromatic carbocycles. The Bertz CT molecular complexity index is 880. The molecule has 1 fully saturated rings. The quantitative estimate of drug-likeness (QED) is 0.568. The van der Waals surface area contributed by atoms with Crippen molar-refractivity contribution in [3.8, 4) is 17.2 Å². The molecule has 0 bridgehead atoms. The standard InChI is InChI=1S/C24H30N2O5/c1-4-29-20-14-17(15-21(30-5-2)23(20)31-6-3)24(28)26-19-9-7-16(8-10-19)13-22(27)25-18-11-12-18/h7-10,14-15,18H,4-6,11-13H2,1-3H3,(H,25,27)(H,26,28). The van der Waals surface area contributed by atoms with Crippen molar-refractivity contribution in [3.63, 3.8) is 0 Å². The van der Waals surface area contributed by atoms with E-state index in [2.05, 4.69) is 10.6 Å². The average Bonchev–Trinajstić information content (AvgIpc) is 3.55. The fourth-order valence-electron chi connectivity index (χ4n) is 3.12. The summed E-state index contributed by atoms with van der Waals surface area (Å²) in [4.78, 5) is 24.8. The zero-order valence-electron chi connectivity index (χ0n) is 18.3. The van der Waals surface area contributed by atoms with E-state index in [1.54, 1.807) is 24.3 Å². The summed E-state index contributed by atoms with van der Waals surface area (Å²) in [5.74, 6) is 1.18. The molecule has 0 atom stereocenters. The van der Waals surface area contributed by atoms with Crippen LogP contribution in [-0.2, 0) is 11.2 Å². The number of hydrogen-bond donors (Lipinski definition) is 2. The smallest absolute Gasteiger partial charge is 0.255 e. The first-order valence-electron chi connectivity index (χ1n) is 10.8.